The second-order valence-corrected chi connectivity index (χ2v) is 4.70. The molecule has 0 saturated carbocycles. The molecule has 2 rings (SSSR count). The van der Waals surface area contributed by atoms with Crippen molar-refractivity contribution in [1.82, 2.24) is 10.3 Å². The lowest BCUT2D eigenvalue weighted by molar-refractivity contribution is 0.628. The Labute approximate surface area is 109 Å². The van der Waals surface area contributed by atoms with Crippen molar-refractivity contribution in [2.24, 2.45) is 0 Å². The van der Waals surface area contributed by atoms with E-state index in [0.717, 1.165) is 6.54 Å². The molecule has 94 valence electrons. The van der Waals surface area contributed by atoms with Crippen molar-refractivity contribution in [3.05, 3.63) is 65.0 Å². The number of rotatable bonds is 4. The average molecular weight is 240 g/mol. The summed E-state index contributed by atoms with van der Waals surface area (Å²) in [6.45, 7) is 7.35. The van der Waals surface area contributed by atoms with E-state index in [-0.39, 0.29) is 6.04 Å². The topological polar surface area (TPSA) is 24.9 Å². The van der Waals surface area contributed by atoms with Crippen molar-refractivity contribution in [3.63, 3.8) is 0 Å². The van der Waals surface area contributed by atoms with E-state index < -0.39 is 0 Å². The number of hydrogen-bond donors (Lipinski definition) is 1. The number of pyridine rings is 1. The fourth-order valence-electron chi connectivity index (χ4n) is 2.36. The van der Waals surface area contributed by atoms with Gasteiger partial charge in [-0.05, 0) is 37.6 Å². The van der Waals surface area contributed by atoms with Crippen molar-refractivity contribution < 1.29 is 0 Å². The van der Waals surface area contributed by atoms with Gasteiger partial charge in [0.1, 0.15) is 0 Å². The number of nitrogens with zero attached hydrogens (tertiary/aromatic N) is 1. The van der Waals surface area contributed by atoms with Gasteiger partial charge in [0.25, 0.3) is 0 Å². The third kappa shape index (κ3) is 2.96. The Morgan fingerprint density at radius 3 is 2.39 bits per heavy atom. The van der Waals surface area contributed by atoms with Gasteiger partial charge in [0.15, 0.2) is 0 Å². The van der Waals surface area contributed by atoms with E-state index in [1.165, 1.54) is 22.3 Å². The SMILES string of the molecule is CCN[C@H](c1cccnc1)c1cc(C)cc(C)c1. The van der Waals surface area contributed by atoms with E-state index in [2.05, 4.69) is 55.3 Å². The quantitative estimate of drug-likeness (QED) is 0.886. The van der Waals surface area contributed by atoms with Crippen LogP contribution in [0.25, 0.3) is 0 Å². The molecule has 2 nitrogen and oxygen atoms in total. The van der Waals surface area contributed by atoms with E-state index >= 15 is 0 Å². The molecule has 1 N–H and O–H groups in total. The van der Waals surface area contributed by atoms with Crippen LogP contribution in [0.4, 0.5) is 0 Å². The molecule has 1 atom stereocenters. The van der Waals surface area contributed by atoms with Gasteiger partial charge in [0.2, 0.25) is 0 Å². The molecule has 1 aromatic heterocycles. The molecule has 0 unspecified atom stereocenters. The Morgan fingerprint density at radius 2 is 1.83 bits per heavy atom. The van der Waals surface area contributed by atoms with Crippen LogP contribution in [0, 0.1) is 13.8 Å². The molecule has 2 aromatic rings. The molecule has 0 amide bonds. The fraction of sp³-hybridized carbons (Fsp3) is 0.312. The van der Waals surface area contributed by atoms with Crippen LogP contribution >= 0.6 is 0 Å². The highest BCUT2D eigenvalue weighted by Crippen LogP contribution is 2.23. The molecule has 0 aliphatic carbocycles. The Hall–Kier alpha value is -1.67. The van der Waals surface area contributed by atoms with E-state index in [1.54, 1.807) is 0 Å². The fourth-order valence-corrected chi connectivity index (χ4v) is 2.36. The van der Waals surface area contributed by atoms with Crippen LogP contribution in [0.1, 0.15) is 35.2 Å². The molecule has 1 heterocycles. The molecule has 0 bridgehead atoms. The smallest absolute Gasteiger partial charge is 0.0592 e. The summed E-state index contributed by atoms with van der Waals surface area (Å²) in [7, 11) is 0. The number of aryl methyl sites for hydroxylation is 2. The number of nitrogens with one attached hydrogen (secondary N) is 1. The van der Waals surface area contributed by atoms with Crippen LogP contribution in [0.3, 0.4) is 0 Å². The van der Waals surface area contributed by atoms with Crippen molar-refractivity contribution >= 4 is 0 Å². The maximum Gasteiger partial charge on any atom is 0.0592 e. The van der Waals surface area contributed by atoms with E-state index in [4.69, 9.17) is 0 Å². The Morgan fingerprint density at radius 1 is 1.11 bits per heavy atom. The van der Waals surface area contributed by atoms with E-state index in [1.807, 2.05) is 18.5 Å². The highest BCUT2D eigenvalue weighted by atomic mass is 14.9. The third-order valence-electron chi connectivity index (χ3n) is 3.00. The number of benzene rings is 1. The lowest BCUT2D eigenvalue weighted by atomic mass is 9.96. The number of aromatic nitrogens is 1. The molecule has 1 aromatic carbocycles. The Kier molecular flexibility index (Phi) is 4.11. The van der Waals surface area contributed by atoms with Crippen LogP contribution in [0.2, 0.25) is 0 Å². The first-order chi connectivity index (χ1) is 8.70. The summed E-state index contributed by atoms with van der Waals surface area (Å²) in [6, 6.07) is 11.0. The van der Waals surface area contributed by atoms with Crippen LogP contribution < -0.4 is 5.32 Å². The lowest BCUT2D eigenvalue weighted by Gasteiger charge is -2.19. The van der Waals surface area contributed by atoms with Gasteiger partial charge >= 0.3 is 0 Å². The first-order valence-corrected chi connectivity index (χ1v) is 6.42. The Bertz CT molecular complexity index is 486. The Balaban J connectivity index is 2.41. The van der Waals surface area contributed by atoms with Gasteiger partial charge in [0, 0.05) is 12.4 Å². The zero-order valence-electron chi connectivity index (χ0n) is 11.3. The van der Waals surface area contributed by atoms with Gasteiger partial charge in [-0.25, -0.2) is 0 Å². The standard InChI is InChI=1S/C16H20N2/c1-4-18-16(14-6-5-7-17-11-14)15-9-12(2)8-13(3)10-15/h5-11,16,18H,4H2,1-3H3/t16-/m1/s1. The largest absolute Gasteiger partial charge is 0.306 e. The highest BCUT2D eigenvalue weighted by Gasteiger charge is 2.13. The maximum atomic E-state index is 4.22. The van der Waals surface area contributed by atoms with Crippen molar-refractivity contribution in [2.45, 2.75) is 26.8 Å². The summed E-state index contributed by atoms with van der Waals surface area (Å²) in [5.41, 5.74) is 5.13. The predicted molar refractivity (Wildman–Crippen MR) is 75.7 cm³/mol. The van der Waals surface area contributed by atoms with Crippen LogP contribution in [0.5, 0.6) is 0 Å². The summed E-state index contributed by atoms with van der Waals surface area (Å²) >= 11 is 0. The number of hydrogen-bond acceptors (Lipinski definition) is 2. The molecule has 18 heavy (non-hydrogen) atoms. The summed E-state index contributed by atoms with van der Waals surface area (Å²) in [5, 5.41) is 3.53. The molecule has 0 fully saturated rings. The molecule has 0 spiro atoms. The van der Waals surface area contributed by atoms with Crippen molar-refractivity contribution in [2.75, 3.05) is 6.54 Å². The molecule has 0 saturated heterocycles. The minimum Gasteiger partial charge on any atom is -0.306 e. The van der Waals surface area contributed by atoms with Crippen molar-refractivity contribution in [3.8, 4) is 0 Å². The summed E-state index contributed by atoms with van der Waals surface area (Å²) in [6.07, 6.45) is 3.75. The summed E-state index contributed by atoms with van der Waals surface area (Å²) in [5.74, 6) is 0. The van der Waals surface area contributed by atoms with Gasteiger partial charge in [-0.3, -0.25) is 4.98 Å². The van der Waals surface area contributed by atoms with Crippen molar-refractivity contribution in [1.29, 1.82) is 0 Å². The molecule has 0 aliphatic rings. The highest BCUT2D eigenvalue weighted by molar-refractivity contribution is 5.36. The summed E-state index contributed by atoms with van der Waals surface area (Å²) < 4.78 is 0. The van der Waals surface area contributed by atoms with Gasteiger partial charge in [-0.15, -0.1) is 0 Å². The predicted octanol–water partition coefficient (Wildman–Crippen LogP) is 3.40. The van der Waals surface area contributed by atoms with Gasteiger partial charge in [-0.2, -0.15) is 0 Å². The second-order valence-electron chi connectivity index (χ2n) is 4.70. The minimum absolute atomic E-state index is 0.224. The van der Waals surface area contributed by atoms with E-state index in [9.17, 15) is 0 Å². The molecule has 0 aliphatic heterocycles. The van der Waals surface area contributed by atoms with Crippen LogP contribution in [-0.2, 0) is 0 Å². The lowest BCUT2D eigenvalue weighted by Crippen LogP contribution is -2.22. The zero-order valence-corrected chi connectivity index (χ0v) is 11.3. The first-order valence-electron chi connectivity index (χ1n) is 6.42. The molecule has 2 heteroatoms. The zero-order chi connectivity index (χ0) is 13.0. The normalized spacial score (nSPS) is 12.4. The third-order valence-corrected chi connectivity index (χ3v) is 3.00. The molecule has 0 radical (unpaired) electrons. The molecular weight excluding hydrogens is 220 g/mol. The van der Waals surface area contributed by atoms with Gasteiger partial charge in [0.05, 0.1) is 6.04 Å². The van der Waals surface area contributed by atoms with E-state index in [0.29, 0.717) is 0 Å². The second kappa shape index (κ2) is 5.78. The average Bonchev–Trinajstić information content (AvgIpc) is 2.36. The first kappa shape index (κ1) is 12.8. The van der Waals surface area contributed by atoms with Gasteiger partial charge in [-0.1, -0.05) is 42.3 Å². The summed E-state index contributed by atoms with van der Waals surface area (Å²) in [4.78, 5) is 4.22. The van der Waals surface area contributed by atoms with Crippen LogP contribution in [-0.4, -0.2) is 11.5 Å². The molecular formula is C16H20N2. The minimum atomic E-state index is 0.224. The maximum absolute atomic E-state index is 4.22. The van der Waals surface area contributed by atoms with Gasteiger partial charge < -0.3 is 5.32 Å². The monoisotopic (exact) mass is 240 g/mol. The van der Waals surface area contributed by atoms with Crippen LogP contribution in [0.15, 0.2) is 42.7 Å².